The summed E-state index contributed by atoms with van der Waals surface area (Å²) in [4.78, 5) is 26.5. The third-order valence-electron chi connectivity index (χ3n) is 7.33. The van der Waals surface area contributed by atoms with Crippen LogP contribution in [0.25, 0.3) is 10.9 Å². The number of aromatic nitrogens is 4. The van der Waals surface area contributed by atoms with Gasteiger partial charge in [-0.25, -0.2) is 10.1 Å². The van der Waals surface area contributed by atoms with Gasteiger partial charge in [-0.05, 0) is 68.2 Å². The summed E-state index contributed by atoms with van der Waals surface area (Å²) in [7, 11) is 0. The van der Waals surface area contributed by atoms with Crippen LogP contribution in [-0.2, 0) is 0 Å². The van der Waals surface area contributed by atoms with Crippen molar-refractivity contribution >= 4 is 34.0 Å². The normalized spacial score (nSPS) is 18.8. The number of anilines is 4. The second-order valence-corrected chi connectivity index (χ2v) is 9.76. The highest BCUT2D eigenvalue weighted by atomic mass is 16.3. The van der Waals surface area contributed by atoms with Crippen molar-refractivity contribution in [3.63, 3.8) is 0 Å². The summed E-state index contributed by atoms with van der Waals surface area (Å²) >= 11 is 0. The summed E-state index contributed by atoms with van der Waals surface area (Å²) < 4.78 is 0. The number of benzene rings is 1. The number of hydrogen-bond acceptors (Lipinski definition) is 9. The van der Waals surface area contributed by atoms with Crippen molar-refractivity contribution in [2.24, 2.45) is 11.8 Å². The molecule has 1 aromatic carbocycles. The molecule has 3 N–H and O–H groups in total. The lowest BCUT2D eigenvalue weighted by atomic mass is 9.94. The largest absolute Gasteiger partial charge is 0.396 e. The van der Waals surface area contributed by atoms with Crippen molar-refractivity contribution in [2.45, 2.75) is 38.5 Å². The van der Waals surface area contributed by atoms with Gasteiger partial charge in [0.1, 0.15) is 16.7 Å². The van der Waals surface area contributed by atoms with Crippen LogP contribution in [0.1, 0.15) is 38.5 Å². The summed E-state index contributed by atoms with van der Waals surface area (Å²) in [5, 5.41) is 28.4. The van der Waals surface area contributed by atoms with E-state index in [9.17, 15) is 9.90 Å². The molecule has 10 heteroatoms. The van der Waals surface area contributed by atoms with Crippen molar-refractivity contribution in [1.82, 2.24) is 20.2 Å². The number of aliphatic hydroxyl groups is 1. The molecule has 36 heavy (non-hydrogen) atoms. The molecule has 188 valence electrons. The molecule has 5 rings (SSSR count). The molecule has 2 aromatic heterocycles. The van der Waals surface area contributed by atoms with Crippen molar-refractivity contribution in [3.8, 4) is 6.07 Å². The van der Waals surface area contributed by atoms with E-state index < -0.39 is 0 Å². The van der Waals surface area contributed by atoms with Crippen LogP contribution in [0.2, 0.25) is 0 Å². The van der Waals surface area contributed by atoms with E-state index in [4.69, 9.17) is 10.2 Å². The van der Waals surface area contributed by atoms with Crippen LogP contribution >= 0.6 is 0 Å². The number of hydrogen-bond donors (Lipinski definition) is 3. The minimum atomic E-state index is -0.339. The quantitative estimate of drug-likeness (QED) is 0.458. The minimum Gasteiger partial charge on any atom is -0.396 e. The predicted octanol–water partition coefficient (Wildman–Crippen LogP) is 3.19. The highest BCUT2D eigenvalue weighted by Crippen LogP contribution is 2.29. The van der Waals surface area contributed by atoms with Crippen LogP contribution in [0, 0.1) is 23.2 Å². The predicted molar refractivity (Wildman–Crippen MR) is 139 cm³/mol. The highest BCUT2D eigenvalue weighted by molar-refractivity contribution is 5.90. The number of piperidine rings is 2. The highest BCUT2D eigenvalue weighted by Gasteiger charge is 2.23. The van der Waals surface area contributed by atoms with Crippen LogP contribution in [0.4, 0.5) is 23.1 Å². The molecule has 10 nitrogen and oxygen atoms in total. The number of aromatic amines is 1. The molecule has 0 radical (unpaired) electrons. The zero-order valence-corrected chi connectivity index (χ0v) is 20.4. The number of nitrogens with zero attached hydrogens (tertiary/aromatic N) is 6. The fourth-order valence-corrected chi connectivity index (χ4v) is 5.30. The first-order valence-corrected chi connectivity index (χ1v) is 12.7. The fraction of sp³-hybridized carbons (Fsp3) is 0.500. The number of H-pyrrole nitrogens is 1. The third-order valence-corrected chi connectivity index (χ3v) is 7.33. The summed E-state index contributed by atoms with van der Waals surface area (Å²) in [6.07, 6.45) is 7.11. The lowest BCUT2D eigenvalue weighted by Gasteiger charge is -2.34. The minimum absolute atomic E-state index is 0.239. The monoisotopic (exact) mass is 488 g/mol. The van der Waals surface area contributed by atoms with E-state index in [0.717, 1.165) is 63.2 Å². The van der Waals surface area contributed by atoms with Gasteiger partial charge in [-0.15, -0.1) is 0 Å². The molecule has 0 saturated carbocycles. The van der Waals surface area contributed by atoms with E-state index >= 15 is 0 Å². The molecule has 2 aliphatic heterocycles. The van der Waals surface area contributed by atoms with Gasteiger partial charge in [0, 0.05) is 50.6 Å². The van der Waals surface area contributed by atoms with Gasteiger partial charge in [-0.2, -0.15) is 15.3 Å². The average Bonchev–Trinajstić information content (AvgIpc) is 2.90. The molecule has 1 atom stereocenters. The molecule has 3 aromatic rings. The van der Waals surface area contributed by atoms with Crippen LogP contribution in [0.5, 0.6) is 0 Å². The first-order valence-electron chi connectivity index (χ1n) is 12.7. The molecule has 0 spiro atoms. The van der Waals surface area contributed by atoms with E-state index in [1.54, 1.807) is 6.20 Å². The van der Waals surface area contributed by atoms with Crippen molar-refractivity contribution in [1.29, 1.82) is 5.26 Å². The molecule has 2 aliphatic rings. The van der Waals surface area contributed by atoms with Crippen molar-refractivity contribution in [2.75, 3.05) is 47.9 Å². The topological polar surface area (TPSA) is 134 Å². The lowest BCUT2D eigenvalue weighted by Crippen LogP contribution is -2.35. The third kappa shape index (κ3) is 5.26. The number of nitrogens with one attached hydrogen (secondary N) is 2. The molecule has 0 aliphatic carbocycles. The Balaban J connectivity index is 1.37. The van der Waals surface area contributed by atoms with E-state index in [1.807, 2.05) is 12.1 Å². The molecule has 2 fully saturated rings. The fourth-order valence-electron chi connectivity index (χ4n) is 5.30. The standard InChI is InChI=1S/C26H32N8O2/c27-11-7-18-8-13-33(14-9-18)26-30-22-16-28-32-25(36)23(22)24(31-26)29-20-3-5-21(6-4-20)34-12-1-2-19(17-34)10-15-35/h3-6,16,18-19,35H,1-2,7-10,12-15,17H2,(H,32,36)(H,29,30,31)/t19-/m1/s1. The number of fused-ring (bicyclic) bond motifs is 1. The van der Waals surface area contributed by atoms with Gasteiger partial charge in [0.25, 0.3) is 5.56 Å². The molecule has 4 heterocycles. The summed E-state index contributed by atoms with van der Waals surface area (Å²) in [6.45, 7) is 3.76. The Morgan fingerprint density at radius 2 is 1.89 bits per heavy atom. The van der Waals surface area contributed by atoms with Gasteiger partial charge in [-0.1, -0.05) is 0 Å². The number of aliphatic hydroxyl groups excluding tert-OH is 1. The molecular weight excluding hydrogens is 456 g/mol. The Morgan fingerprint density at radius 3 is 2.64 bits per heavy atom. The van der Waals surface area contributed by atoms with Gasteiger partial charge >= 0.3 is 0 Å². The Hall–Kier alpha value is -3.71. The Labute approximate surface area is 210 Å². The van der Waals surface area contributed by atoms with Crippen LogP contribution in [0.3, 0.4) is 0 Å². The number of nitriles is 1. The first-order chi connectivity index (χ1) is 17.6. The van der Waals surface area contributed by atoms with E-state index in [2.05, 4.69) is 48.5 Å². The average molecular weight is 489 g/mol. The van der Waals surface area contributed by atoms with Gasteiger partial charge in [0.2, 0.25) is 5.95 Å². The van der Waals surface area contributed by atoms with Gasteiger partial charge < -0.3 is 20.2 Å². The first kappa shape index (κ1) is 24.0. The lowest BCUT2D eigenvalue weighted by molar-refractivity contribution is 0.244. The number of rotatable bonds is 7. The maximum absolute atomic E-state index is 12.6. The molecule has 0 unspecified atom stereocenters. The van der Waals surface area contributed by atoms with E-state index in [-0.39, 0.29) is 12.2 Å². The van der Waals surface area contributed by atoms with Gasteiger partial charge in [-0.3, -0.25) is 4.79 Å². The van der Waals surface area contributed by atoms with Crippen LogP contribution < -0.4 is 20.7 Å². The Morgan fingerprint density at radius 1 is 1.08 bits per heavy atom. The second kappa shape index (κ2) is 10.9. The molecule has 0 bridgehead atoms. The summed E-state index contributed by atoms with van der Waals surface area (Å²) in [6, 6.07) is 10.4. The maximum atomic E-state index is 12.6. The van der Waals surface area contributed by atoms with E-state index in [1.165, 1.54) is 6.42 Å². The SMILES string of the molecule is N#CCC1CCN(c2nc(Nc3ccc(N4CCC[C@H](CCO)C4)cc3)c3c(=O)[nH]ncc3n2)CC1. The molecule has 0 amide bonds. The zero-order chi connectivity index (χ0) is 24.9. The second-order valence-electron chi connectivity index (χ2n) is 9.76. The van der Waals surface area contributed by atoms with Crippen molar-refractivity contribution in [3.05, 3.63) is 40.8 Å². The van der Waals surface area contributed by atoms with Gasteiger partial charge in [0.15, 0.2) is 0 Å². The zero-order valence-electron chi connectivity index (χ0n) is 20.4. The molecule has 2 saturated heterocycles. The van der Waals surface area contributed by atoms with Crippen LogP contribution in [-0.4, -0.2) is 58.1 Å². The summed E-state index contributed by atoms with van der Waals surface area (Å²) in [5.41, 5.74) is 2.13. The van der Waals surface area contributed by atoms with Gasteiger partial charge in [0.05, 0.1) is 12.3 Å². The maximum Gasteiger partial charge on any atom is 0.277 e. The summed E-state index contributed by atoms with van der Waals surface area (Å²) in [5.74, 6) is 1.95. The van der Waals surface area contributed by atoms with E-state index in [0.29, 0.717) is 40.9 Å². The smallest absolute Gasteiger partial charge is 0.277 e. The Bertz CT molecular complexity index is 1280. The molecular formula is C26H32N8O2. The Kier molecular flexibility index (Phi) is 7.28. The van der Waals surface area contributed by atoms with Crippen LogP contribution in [0.15, 0.2) is 35.3 Å². The van der Waals surface area contributed by atoms with Crippen molar-refractivity contribution < 1.29 is 5.11 Å².